The molecule has 4 nitrogen and oxygen atoms in total. The van der Waals surface area contributed by atoms with E-state index in [0.717, 1.165) is 58.0 Å². The van der Waals surface area contributed by atoms with Crippen LogP contribution in [0.3, 0.4) is 0 Å². The van der Waals surface area contributed by atoms with Crippen molar-refractivity contribution in [3.8, 4) is 0 Å². The summed E-state index contributed by atoms with van der Waals surface area (Å²) in [6.45, 7) is 1.76. The lowest BCUT2D eigenvalue weighted by Gasteiger charge is -2.51. The Labute approximate surface area is 155 Å². The molecule has 0 radical (unpaired) electrons. The third-order valence-electron chi connectivity index (χ3n) is 7.14. The zero-order valence-electron chi connectivity index (χ0n) is 15.3. The van der Waals surface area contributed by atoms with Crippen LogP contribution in [0.4, 0.5) is 0 Å². The Kier molecular flexibility index (Phi) is 4.02. The van der Waals surface area contributed by atoms with Gasteiger partial charge in [-0.3, -0.25) is 9.59 Å². The van der Waals surface area contributed by atoms with E-state index in [-0.39, 0.29) is 23.8 Å². The zero-order chi connectivity index (χ0) is 17.7. The van der Waals surface area contributed by atoms with Gasteiger partial charge in [-0.1, -0.05) is 30.3 Å². The van der Waals surface area contributed by atoms with Crippen molar-refractivity contribution in [2.45, 2.75) is 62.9 Å². The van der Waals surface area contributed by atoms with Crippen molar-refractivity contribution in [2.75, 3.05) is 13.1 Å². The van der Waals surface area contributed by atoms with Crippen LogP contribution in [0.15, 0.2) is 30.3 Å². The van der Waals surface area contributed by atoms with E-state index < -0.39 is 0 Å². The van der Waals surface area contributed by atoms with Gasteiger partial charge in [-0.15, -0.1) is 0 Å². The average Bonchev–Trinajstić information content (AvgIpc) is 3.32. The first-order valence-corrected chi connectivity index (χ1v) is 10.4. The standard InChI is InChI=1S/C22H28N2O2/c25-21(19-14-18(19)15-6-2-1-3-7-15)24-17-10-8-16(9-11-17)20(24)22(26)23-12-4-5-13-23/h1-3,6-7,16-20H,4-5,8-14H2/t16?,17?,18-,19-,20-/m0/s1. The van der Waals surface area contributed by atoms with Crippen LogP contribution in [0.5, 0.6) is 0 Å². The molecular formula is C22H28N2O2. The van der Waals surface area contributed by atoms with Gasteiger partial charge in [0, 0.05) is 25.0 Å². The first-order chi connectivity index (χ1) is 12.7. The highest BCUT2D eigenvalue weighted by atomic mass is 16.2. The molecular weight excluding hydrogens is 324 g/mol. The van der Waals surface area contributed by atoms with E-state index >= 15 is 0 Å². The normalized spacial score (nSPS) is 35.6. The third kappa shape index (κ3) is 2.65. The van der Waals surface area contributed by atoms with Crippen LogP contribution >= 0.6 is 0 Å². The highest BCUT2D eigenvalue weighted by Gasteiger charge is 2.54. The van der Waals surface area contributed by atoms with Gasteiger partial charge >= 0.3 is 0 Å². The largest absolute Gasteiger partial charge is 0.341 e. The number of amides is 2. The van der Waals surface area contributed by atoms with E-state index in [1.54, 1.807) is 0 Å². The Balaban J connectivity index is 1.37. The quantitative estimate of drug-likeness (QED) is 0.838. The van der Waals surface area contributed by atoms with Crippen molar-refractivity contribution in [2.24, 2.45) is 11.8 Å². The van der Waals surface area contributed by atoms with E-state index in [1.807, 2.05) is 11.0 Å². The number of carbonyl (C=O) groups is 2. The molecule has 2 bridgehead atoms. The van der Waals surface area contributed by atoms with Gasteiger partial charge in [-0.05, 0) is 62.3 Å². The predicted molar refractivity (Wildman–Crippen MR) is 99.5 cm³/mol. The van der Waals surface area contributed by atoms with Gasteiger partial charge in [0.05, 0.1) is 0 Å². The fourth-order valence-corrected chi connectivity index (χ4v) is 5.64. The van der Waals surface area contributed by atoms with Gasteiger partial charge in [-0.2, -0.15) is 0 Å². The van der Waals surface area contributed by atoms with Crippen molar-refractivity contribution in [1.82, 2.24) is 9.80 Å². The molecule has 2 aliphatic carbocycles. The Morgan fingerprint density at radius 3 is 2.27 bits per heavy atom. The molecule has 3 aliphatic heterocycles. The summed E-state index contributed by atoms with van der Waals surface area (Å²) >= 11 is 0. The number of carbonyl (C=O) groups excluding carboxylic acids is 2. The summed E-state index contributed by atoms with van der Waals surface area (Å²) in [5.74, 6) is 1.32. The Bertz CT molecular complexity index is 689. The topological polar surface area (TPSA) is 40.6 Å². The van der Waals surface area contributed by atoms with E-state index in [2.05, 4.69) is 29.2 Å². The summed E-state index contributed by atoms with van der Waals surface area (Å²) < 4.78 is 0. The van der Waals surface area contributed by atoms with Crippen molar-refractivity contribution in [3.05, 3.63) is 35.9 Å². The van der Waals surface area contributed by atoms with Gasteiger partial charge in [0.2, 0.25) is 11.8 Å². The molecule has 1 aromatic rings. The molecule has 0 N–H and O–H groups in total. The maximum Gasteiger partial charge on any atom is 0.245 e. The molecule has 6 rings (SSSR count). The summed E-state index contributed by atoms with van der Waals surface area (Å²) in [6.07, 6.45) is 7.57. The van der Waals surface area contributed by atoms with Crippen LogP contribution in [0.2, 0.25) is 0 Å². The van der Waals surface area contributed by atoms with Crippen molar-refractivity contribution in [1.29, 1.82) is 0 Å². The number of benzene rings is 1. The number of piperidine rings is 2. The minimum Gasteiger partial charge on any atom is -0.341 e. The Morgan fingerprint density at radius 1 is 0.885 bits per heavy atom. The molecule has 3 heterocycles. The van der Waals surface area contributed by atoms with Crippen LogP contribution in [-0.4, -0.2) is 46.8 Å². The molecule has 1 aromatic carbocycles. The molecule has 2 saturated carbocycles. The van der Waals surface area contributed by atoms with Crippen LogP contribution < -0.4 is 0 Å². The maximum atomic E-state index is 13.4. The third-order valence-corrected chi connectivity index (χ3v) is 7.14. The number of fused-ring (bicyclic) bond motifs is 3. The van der Waals surface area contributed by atoms with Crippen molar-refractivity contribution < 1.29 is 9.59 Å². The molecule has 4 heteroatoms. The highest BCUT2D eigenvalue weighted by Crippen LogP contribution is 2.51. The first kappa shape index (κ1) is 16.3. The lowest BCUT2D eigenvalue weighted by Crippen LogP contribution is -2.63. The number of rotatable bonds is 3. The predicted octanol–water partition coefficient (Wildman–Crippen LogP) is 3.18. The number of hydrogen-bond acceptors (Lipinski definition) is 2. The van der Waals surface area contributed by atoms with Gasteiger partial charge in [-0.25, -0.2) is 0 Å². The summed E-state index contributed by atoms with van der Waals surface area (Å²) in [5, 5.41) is 0. The lowest BCUT2D eigenvalue weighted by atomic mass is 9.73. The van der Waals surface area contributed by atoms with E-state index in [0.29, 0.717) is 17.9 Å². The van der Waals surface area contributed by atoms with E-state index in [4.69, 9.17) is 0 Å². The Hall–Kier alpha value is -1.84. The summed E-state index contributed by atoms with van der Waals surface area (Å²) in [5.41, 5.74) is 1.27. The molecule has 0 unspecified atom stereocenters. The first-order valence-electron chi connectivity index (χ1n) is 10.4. The fourth-order valence-electron chi connectivity index (χ4n) is 5.64. The van der Waals surface area contributed by atoms with Crippen LogP contribution in [0.25, 0.3) is 0 Å². The zero-order valence-corrected chi connectivity index (χ0v) is 15.3. The van der Waals surface area contributed by atoms with Gasteiger partial charge in [0.15, 0.2) is 0 Å². The molecule has 5 aliphatic rings. The second-order valence-corrected chi connectivity index (χ2v) is 8.65. The molecule has 26 heavy (non-hydrogen) atoms. The number of likely N-dealkylation sites (tertiary alicyclic amines) is 1. The fraction of sp³-hybridized carbons (Fsp3) is 0.636. The maximum absolute atomic E-state index is 13.4. The number of nitrogens with zero attached hydrogens (tertiary/aromatic N) is 2. The molecule has 0 spiro atoms. The second-order valence-electron chi connectivity index (χ2n) is 8.65. The van der Waals surface area contributed by atoms with E-state index in [1.165, 1.54) is 5.56 Å². The molecule has 0 aromatic heterocycles. The SMILES string of the molecule is O=C([C@@H]1C2CCC(CC2)N1C(=O)[C@H]1C[C@H]1c1ccccc1)N1CCCC1. The van der Waals surface area contributed by atoms with Gasteiger partial charge in [0.1, 0.15) is 6.04 Å². The smallest absolute Gasteiger partial charge is 0.245 e. The van der Waals surface area contributed by atoms with Crippen LogP contribution in [-0.2, 0) is 9.59 Å². The van der Waals surface area contributed by atoms with Crippen LogP contribution in [0, 0.1) is 11.8 Å². The Morgan fingerprint density at radius 2 is 1.58 bits per heavy atom. The van der Waals surface area contributed by atoms with Crippen molar-refractivity contribution in [3.63, 3.8) is 0 Å². The highest BCUT2D eigenvalue weighted by molar-refractivity contribution is 5.91. The molecule has 3 saturated heterocycles. The van der Waals surface area contributed by atoms with E-state index in [9.17, 15) is 9.59 Å². The lowest BCUT2D eigenvalue weighted by molar-refractivity contribution is -0.159. The van der Waals surface area contributed by atoms with Gasteiger partial charge < -0.3 is 9.80 Å². The molecule has 138 valence electrons. The summed E-state index contributed by atoms with van der Waals surface area (Å²) in [7, 11) is 0. The summed E-state index contributed by atoms with van der Waals surface area (Å²) in [6, 6.07) is 10.5. The molecule has 5 fully saturated rings. The minimum atomic E-state index is -0.176. The van der Waals surface area contributed by atoms with Crippen LogP contribution in [0.1, 0.15) is 56.4 Å². The second kappa shape index (κ2) is 6.40. The molecule has 3 atom stereocenters. The average molecular weight is 352 g/mol. The molecule has 2 amide bonds. The number of hydrogen-bond donors (Lipinski definition) is 0. The minimum absolute atomic E-state index is 0.0885. The van der Waals surface area contributed by atoms with Gasteiger partial charge in [0.25, 0.3) is 0 Å². The monoisotopic (exact) mass is 352 g/mol. The summed E-state index contributed by atoms with van der Waals surface area (Å²) in [4.78, 5) is 30.7. The van der Waals surface area contributed by atoms with Crippen molar-refractivity contribution >= 4 is 11.8 Å².